The van der Waals surface area contributed by atoms with Crippen LogP contribution in [-0.4, -0.2) is 13.7 Å². The van der Waals surface area contributed by atoms with Gasteiger partial charge in [-0.15, -0.1) is 0 Å². The molecule has 1 rings (SSSR count). The molecule has 0 amide bonds. The largest absolute Gasteiger partial charge is 0.384 e. The van der Waals surface area contributed by atoms with Crippen LogP contribution in [0.25, 0.3) is 0 Å². The summed E-state index contributed by atoms with van der Waals surface area (Å²) >= 11 is 3.77. The van der Waals surface area contributed by atoms with Gasteiger partial charge in [0.05, 0.1) is 6.61 Å². The smallest absolute Gasteiger partial charge is 0.0502 e. The first-order valence-corrected chi connectivity index (χ1v) is 7.27. The summed E-state index contributed by atoms with van der Waals surface area (Å²) in [6.45, 7) is 5.34. The topological polar surface area (TPSA) is 9.23 Å². The molecule has 1 aromatic carbocycles. The second kappa shape index (κ2) is 7.88. The van der Waals surface area contributed by atoms with Gasteiger partial charge in [0.15, 0.2) is 0 Å². The Morgan fingerprint density at radius 3 is 2.29 bits per heavy atom. The molecule has 0 heterocycles. The van der Waals surface area contributed by atoms with Crippen molar-refractivity contribution in [3.05, 3.63) is 35.4 Å². The molecule has 0 bridgehead atoms. The molecule has 17 heavy (non-hydrogen) atoms. The van der Waals surface area contributed by atoms with E-state index in [9.17, 15) is 0 Å². The molecular weight excluding hydrogens is 276 g/mol. The van der Waals surface area contributed by atoms with Crippen molar-refractivity contribution in [3.63, 3.8) is 0 Å². The maximum atomic E-state index is 5.08. The van der Waals surface area contributed by atoms with Gasteiger partial charge in [0.2, 0.25) is 0 Å². The van der Waals surface area contributed by atoms with Crippen LogP contribution < -0.4 is 0 Å². The highest BCUT2D eigenvalue weighted by molar-refractivity contribution is 9.09. The lowest BCUT2D eigenvalue weighted by Crippen LogP contribution is -1.97. The normalized spacial score (nSPS) is 13.0. The highest BCUT2D eigenvalue weighted by Gasteiger charge is 2.08. The monoisotopic (exact) mass is 298 g/mol. The van der Waals surface area contributed by atoms with Gasteiger partial charge in [0.25, 0.3) is 0 Å². The lowest BCUT2D eigenvalue weighted by atomic mass is 10.0. The van der Waals surface area contributed by atoms with Crippen molar-refractivity contribution >= 4 is 15.9 Å². The highest BCUT2D eigenvalue weighted by atomic mass is 79.9. The first-order valence-electron chi connectivity index (χ1n) is 6.35. The summed E-state index contributed by atoms with van der Waals surface area (Å²) in [5, 5.41) is 0. The van der Waals surface area contributed by atoms with E-state index in [1.54, 1.807) is 7.11 Å². The summed E-state index contributed by atoms with van der Waals surface area (Å²) in [5.41, 5.74) is 2.73. The average molecular weight is 299 g/mol. The Morgan fingerprint density at radius 1 is 1.12 bits per heavy atom. The SMILES string of the molecule is COCCc1ccc(C(Br)CCC(C)C)cc1. The molecule has 0 saturated carbocycles. The molecule has 1 nitrogen and oxygen atoms in total. The van der Waals surface area contributed by atoms with Crippen molar-refractivity contribution in [2.45, 2.75) is 37.9 Å². The Bertz CT molecular complexity index is 305. The predicted octanol–water partition coefficient (Wildman–Crippen LogP) is 4.75. The van der Waals surface area contributed by atoms with E-state index in [1.165, 1.54) is 24.0 Å². The van der Waals surface area contributed by atoms with Crippen LogP contribution in [0.15, 0.2) is 24.3 Å². The number of hydrogen-bond acceptors (Lipinski definition) is 1. The molecule has 1 aromatic rings. The van der Waals surface area contributed by atoms with E-state index < -0.39 is 0 Å². The summed E-state index contributed by atoms with van der Waals surface area (Å²) in [6.07, 6.45) is 3.46. The second-order valence-electron chi connectivity index (χ2n) is 4.92. The second-order valence-corrected chi connectivity index (χ2v) is 6.03. The third-order valence-corrected chi connectivity index (χ3v) is 3.92. The number of benzene rings is 1. The van der Waals surface area contributed by atoms with E-state index in [-0.39, 0.29) is 0 Å². The molecule has 0 aliphatic heterocycles. The van der Waals surface area contributed by atoms with E-state index in [4.69, 9.17) is 4.74 Å². The Hall–Kier alpha value is -0.340. The maximum absolute atomic E-state index is 5.08. The fraction of sp³-hybridized carbons (Fsp3) is 0.600. The minimum atomic E-state index is 0.487. The zero-order chi connectivity index (χ0) is 12.7. The Balaban J connectivity index is 2.48. The zero-order valence-corrected chi connectivity index (χ0v) is 12.7. The third kappa shape index (κ3) is 5.69. The first kappa shape index (κ1) is 14.7. The van der Waals surface area contributed by atoms with Gasteiger partial charge in [-0.05, 0) is 36.3 Å². The summed E-state index contributed by atoms with van der Waals surface area (Å²) in [6, 6.07) is 8.87. The van der Waals surface area contributed by atoms with E-state index in [0.717, 1.165) is 18.9 Å². The van der Waals surface area contributed by atoms with E-state index in [0.29, 0.717) is 4.83 Å². The van der Waals surface area contributed by atoms with Gasteiger partial charge in [-0.2, -0.15) is 0 Å². The summed E-state index contributed by atoms with van der Waals surface area (Å²) in [7, 11) is 1.74. The maximum Gasteiger partial charge on any atom is 0.0502 e. The molecule has 1 unspecified atom stereocenters. The van der Waals surface area contributed by atoms with Gasteiger partial charge in [-0.3, -0.25) is 0 Å². The van der Waals surface area contributed by atoms with Crippen LogP contribution in [0, 0.1) is 5.92 Å². The summed E-state index contributed by atoms with van der Waals surface area (Å²) < 4.78 is 5.08. The molecular formula is C15H23BrO. The number of methoxy groups -OCH3 is 1. The fourth-order valence-electron chi connectivity index (χ4n) is 1.76. The minimum absolute atomic E-state index is 0.487. The lowest BCUT2D eigenvalue weighted by molar-refractivity contribution is 0.202. The van der Waals surface area contributed by atoms with Gasteiger partial charge < -0.3 is 4.74 Å². The van der Waals surface area contributed by atoms with Crippen LogP contribution in [0.5, 0.6) is 0 Å². The highest BCUT2D eigenvalue weighted by Crippen LogP contribution is 2.29. The number of alkyl halides is 1. The number of ether oxygens (including phenoxy) is 1. The molecule has 0 spiro atoms. The molecule has 0 aliphatic rings. The fourth-order valence-corrected chi connectivity index (χ4v) is 2.33. The van der Waals surface area contributed by atoms with Crippen molar-refractivity contribution < 1.29 is 4.74 Å². The van der Waals surface area contributed by atoms with E-state index in [2.05, 4.69) is 54.0 Å². The van der Waals surface area contributed by atoms with Gasteiger partial charge in [-0.25, -0.2) is 0 Å². The van der Waals surface area contributed by atoms with Crippen LogP contribution >= 0.6 is 15.9 Å². The van der Waals surface area contributed by atoms with Crippen LogP contribution in [-0.2, 0) is 11.2 Å². The molecule has 0 aliphatic carbocycles. The Kier molecular flexibility index (Phi) is 6.83. The molecule has 0 radical (unpaired) electrons. The van der Waals surface area contributed by atoms with E-state index >= 15 is 0 Å². The van der Waals surface area contributed by atoms with Gasteiger partial charge >= 0.3 is 0 Å². The molecule has 0 aromatic heterocycles. The molecule has 0 saturated heterocycles. The summed E-state index contributed by atoms with van der Waals surface area (Å²) in [4.78, 5) is 0.487. The molecule has 96 valence electrons. The number of hydrogen-bond donors (Lipinski definition) is 0. The third-order valence-electron chi connectivity index (χ3n) is 2.93. The zero-order valence-electron chi connectivity index (χ0n) is 11.1. The van der Waals surface area contributed by atoms with Gasteiger partial charge in [0.1, 0.15) is 0 Å². The van der Waals surface area contributed by atoms with Gasteiger partial charge in [-0.1, -0.05) is 54.0 Å². The van der Waals surface area contributed by atoms with Crippen molar-refractivity contribution in [1.29, 1.82) is 0 Å². The molecule has 2 heteroatoms. The van der Waals surface area contributed by atoms with Crippen molar-refractivity contribution in [1.82, 2.24) is 0 Å². The summed E-state index contributed by atoms with van der Waals surface area (Å²) in [5.74, 6) is 0.774. The van der Waals surface area contributed by atoms with Crippen LogP contribution in [0.1, 0.15) is 42.6 Å². The van der Waals surface area contributed by atoms with Crippen molar-refractivity contribution in [2.75, 3.05) is 13.7 Å². The first-order chi connectivity index (χ1) is 8.13. The van der Waals surface area contributed by atoms with Crippen molar-refractivity contribution in [2.24, 2.45) is 5.92 Å². The molecule has 1 atom stereocenters. The quantitative estimate of drug-likeness (QED) is 0.660. The minimum Gasteiger partial charge on any atom is -0.384 e. The average Bonchev–Trinajstić information content (AvgIpc) is 2.34. The van der Waals surface area contributed by atoms with Crippen LogP contribution in [0.2, 0.25) is 0 Å². The van der Waals surface area contributed by atoms with Crippen LogP contribution in [0.4, 0.5) is 0 Å². The number of halogens is 1. The Morgan fingerprint density at radius 2 is 1.76 bits per heavy atom. The van der Waals surface area contributed by atoms with Crippen LogP contribution in [0.3, 0.4) is 0 Å². The Labute approximate surface area is 114 Å². The number of rotatable bonds is 7. The lowest BCUT2D eigenvalue weighted by Gasteiger charge is -2.12. The van der Waals surface area contributed by atoms with Crippen molar-refractivity contribution in [3.8, 4) is 0 Å². The van der Waals surface area contributed by atoms with E-state index in [1.807, 2.05) is 0 Å². The predicted molar refractivity (Wildman–Crippen MR) is 77.8 cm³/mol. The molecule has 0 fully saturated rings. The standard InChI is InChI=1S/C15H23BrO/c1-12(2)4-9-15(16)14-7-5-13(6-8-14)10-11-17-3/h5-8,12,15H,4,9-11H2,1-3H3. The molecule has 0 N–H and O–H groups in total. The van der Waals surface area contributed by atoms with Gasteiger partial charge in [0, 0.05) is 11.9 Å².